The first-order valence-electron chi connectivity index (χ1n) is 7.60. The molecular formula is C15H25N3O3. The lowest BCUT2D eigenvalue weighted by Crippen LogP contribution is -2.44. The number of carbonyl (C=O) groups is 1. The number of nitrogens with zero attached hydrogens (tertiary/aromatic N) is 2. The van der Waals surface area contributed by atoms with Crippen LogP contribution in [0.4, 0.5) is 0 Å². The van der Waals surface area contributed by atoms with Crippen molar-refractivity contribution in [2.45, 2.75) is 44.8 Å². The van der Waals surface area contributed by atoms with Gasteiger partial charge < -0.3 is 15.2 Å². The molecule has 1 heterocycles. The van der Waals surface area contributed by atoms with Gasteiger partial charge >= 0.3 is 5.97 Å². The normalized spacial score (nSPS) is 25.8. The van der Waals surface area contributed by atoms with Gasteiger partial charge in [0.25, 0.3) is 0 Å². The second-order valence-electron chi connectivity index (χ2n) is 5.88. The highest BCUT2D eigenvalue weighted by molar-refractivity contribution is 5.72. The molecule has 0 radical (unpaired) electrons. The molecule has 2 rings (SSSR count). The fourth-order valence-electron chi connectivity index (χ4n) is 2.83. The Kier molecular flexibility index (Phi) is 5.36. The third-order valence-electron chi connectivity index (χ3n) is 4.08. The van der Waals surface area contributed by atoms with E-state index in [0.717, 1.165) is 5.56 Å². The zero-order valence-electron chi connectivity index (χ0n) is 12.8. The lowest BCUT2D eigenvalue weighted by atomic mass is 9.79. The van der Waals surface area contributed by atoms with Crippen LogP contribution < -0.4 is 5.32 Å². The molecule has 1 aliphatic carbocycles. The molecule has 1 saturated carbocycles. The molecule has 1 aromatic heterocycles. The highest BCUT2D eigenvalue weighted by Gasteiger charge is 2.35. The standard InChI is InChI=1S/C15H25N3O3/c1-3-21-14(19)13-4-6-15(20,7-5-13)11-16-8-12-9-17-18(2)10-12/h9-10,13,16,20H,3-8,11H2,1-2H3. The predicted molar refractivity (Wildman–Crippen MR) is 78.5 cm³/mol. The molecule has 1 aliphatic rings. The molecule has 1 fully saturated rings. The quantitative estimate of drug-likeness (QED) is 0.766. The average Bonchev–Trinajstić information content (AvgIpc) is 2.85. The van der Waals surface area contributed by atoms with Crippen molar-refractivity contribution in [3.63, 3.8) is 0 Å². The van der Waals surface area contributed by atoms with Crippen LogP contribution in [-0.4, -0.2) is 39.6 Å². The van der Waals surface area contributed by atoms with Crippen LogP contribution in [0.2, 0.25) is 0 Å². The Balaban J connectivity index is 1.73. The molecule has 0 aliphatic heterocycles. The maximum absolute atomic E-state index is 11.7. The molecule has 118 valence electrons. The zero-order valence-corrected chi connectivity index (χ0v) is 12.8. The highest BCUT2D eigenvalue weighted by Crippen LogP contribution is 2.32. The third-order valence-corrected chi connectivity index (χ3v) is 4.08. The summed E-state index contributed by atoms with van der Waals surface area (Å²) >= 11 is 0. The number of esters is 1. The summed E-state index contributed by atoms with van der Waals surface area (Å²) in [7, 11) is 1.88. The number of carbonyl (C=O) groups excluding carboxylic acids is 1. The van der Waals surface area contributed by atoms with Gasteiger partial charge in [0.1, 0.15) is 0 Å². The van der Waals surface area contributed by atoms with Crippen LogP contribution in [-0.2, 0) is 23.1 Å². The SMILES string of the molecule is CCOC(=O)C1CCC(O)(CNCc2cnn(C)c2)CC1. The fourth-order valence-corrected chi connectivity index (χ4v) is 2.83. The fraction of sp³-hybridized carbons (Fsp3) is 0.733. The van der Waals surface area contributed by atoms with Crippen molar-refractivity contribution >= 4 is 5.97 Å². The van der Waals surface area contributed by atoms with Crippen molar-refractivity contribution in [2.24, 2.45) is 13.0 Å². The summed E-state index contributed by atoms with van der Waals surface area (Å²) in [6.07, 6.45) is 6.43. The topological polar surface area (TPSA) is 76.4 Å². The molecule has 0 spiro atoms. The number of aromatic nitrogens is 2. The Hall–Kier alpha value is -1.40. The first kappa shape index (κ1) is 16.0. The Morgan fingerprint density at radius 2 is 2.29 bits per heavy atom. The maximum atomic E-state index is 11.7. The Bertz CT molecular complexity index is 464. The van der Waals surface area contributed by atoms with E-state index in [1.807, 2.05) is 26.4 Å². The third kappa shape index (κ3) is 4.54. The van der Waals surface area contributed by atoms with Crippen molar-refractivity contribution in [3.8, 4) is 0 Å². The number of hydrogen-bond acceptors (Lipinski definition) is 5. The summed E-state index contributed by atoms with van der Waals surface area (Å²) < 4.78 is 6.81. The molecule has 6 nitrogen and oxygen atoms in total. The highest BCUT2D eigenvalue weighted by atomic mass is 16.5. The van der Waals surface area contributed by atoms with Crippen LogP contribution in [0.15, 0.2) is 12.4 Å². The lowest BCUT2D eigenvalue weighted by Gasteiger charge is -2.35. The van der Waals surface area contributed by atoms with Crippen LogP contribution in [0.1, 0.15) is 38.2 Å². The summed E-state index contributed by atoms with van der Waals surface area (Å²) in [4.78, 5) is 11.7. The minimum absolute atomic E-state index is 0.0523. The molecule has 0 amide bonds. The first-order chi connectivity index (χ1) is 10.0. The van der Waals surface area contributed by atoms with Crippen molar-refractivity contribution < 1.29 is 14.6 Å². The van der Waals surface area contributed by atoms with E-state index < -0.39 is 5.60 Å². The molecule has 0 bridgehead atoms. The Labute approximate surface area is 125 Å². The van der Waals surface area contributed by atoms with Crippen LogP contribution in [0.5, 0.6) is 0 Å². The lowest BCUT2D eigenvalue weighted by molar-refractivity contribution is -0.151. The van der Waals surface area contributed by atoms with Crippen LogP contribution in [0.25, 0.3) is 0 Å². The largest absolute Gasteiger partial charge is 0.466 e. The van der Waals surface area contributed by atoms with Gasteiger partial charge in [-0.1, -0.05) is 0 Å². The summed E-state index contributed by atoms with van der Waals surface area (Å²) in [5.74, 6) is -0.175. The number of aliphatic hydroxyl groups is 1. The van der Waals surface area contributed by atoms with Crippen LogP contribution >= 0.6 is 0 Å². The summed E-state index contributed by atoms with van der Waals surface area (Å²) in [6, 6.07) is 0. The van der Waals surface area contributed by atoms with Crippen molar-refractivity contribution in [3.05, 3.63) is 18.0 Å². The van der Waals surface area contributed by atoms with E-state index in [0.29, 0.717) is 45.4 Å². The van der Waals surface area contributed by atoms with Crippen molar-refractivity contribution in [2.75, 3.05) is 13.2 Å². The summed E-state index contributed by atoms with van der Waals surface area (Å²) in [5, 5.41) is 17.9. The number of hydrogen-bond donors (Lipinski definition) is 2. The van der Waals surface area contributed by atoms with Gasteiger partial charge in [0.15, 0.2) is 0 Å². The molecule has 0 aromatic carbocycles. The molecule has 2 N–H and O–H groups in total. The van der Waals surface area contributed by atoms with E-state index in [-0.39, 0.29) is 11.9 Å². The van der Waals surface area contributed by atoms with Crippen LogP contribution in [0.3, 0.4) is 0 Å². The molecule has 1 aromatic rings. The Morgan fingerprint density at radius 3 is 2.86 bits per heavy atom. The summed E-state index contributed by atoms with van der Waals surface area (Å²) in [6.45, 7) is 3.47. The summed E-state index contributed by atoms with van der Waals surface area (Å²) in [5.41, 5.74) is 0.381. The van der Waals surface area contributed by atoms with Crippen molar-refractivity contribution in [1.29, 1.82) is 0 Å². The zero-order chi connectivity index (χ0) is 15.3. The second-order valence-corrected chi connectivity index (χ2v) is 5.88. The smallest absolute Gasteiger partial charge is 0.308 e. The average molecular weight is 295 g/mol. The molecule has 21 heavy (non-hydrogen) atoms. The number of ether oxygens (including phenoxy) is 1. The number of rotatable bonds is 6. The second kappa shape index (κ2) is 7.04. The molecule has 0 unspecified atom stereocenters. The molecule has 0 atom stereocenters. The van der Waals surface area contributed by atoms with Gasteiger partial charge in [-0.05, 0) is 32.6 Å². The molecular weight excluding hydrogens is 270 g/mol. The minimum atomic E-state index is -0.717. The van der Waals surface area contributed by atoms with E-state index in [1.54, 1.807) is 4.68 Å². The van der Waals surface area contributed by atoms with Gasteiger partial charge in [0.2, 0.25) is 0 Å². The minimum Gasteiger partial charge on any atom is -0.466 e. The van der Waals surface area contributed by atoms with Crippen molar-refractivity contribution in [1.82, 2.24) is 15.1 Å². The van der Waals surface area contributed by atoms with Crippen LogP contribution in [0, 0.1) is 5.92 Å². The van der Waals surface area contributed by atoms with Gasteiger partial charge in [-0.25, -0.2) is 0 Å². The van der Waals surface area contributed by atoms with Gasteiger partial charge in [-0.3, -0.25) is 9.48 Å². The van der Waals surface area contributed by atoms with Gasteiger partial charge in [-0.2, -0.15) is 5.10 Å². The van der Waals surface area contributed by atoms with E-state index in [4.69, 9.17) is 4.74 Å². The van der Waals surface area contributed by atoms with Gasteiger partial charge in [-0.15, -0.1) is 0 Å². The predicted octanol–water partition coefficient (Wildman–Crippen LogP) is 0.994. The van der Waals surface area contributed by atoms with Gasteiger partial charge in [0, 0.05) is 31.9 Å². The Morgan fingerprint density at radius 1 is 1.57 bits per heavy atom. The van der Waals surface area contributed by atoms with E-state index >= 15 is 0 Å². The van der Waals surface area contributed by atoms with Gasteiger partial charge in [0.05, 0.1) is 24.3 Å². The monoisotopic (exact) mass is 295 g/mol. The van der Waals surface area contributed by atoms with E-state index in [1.165, 1.54) is 0 Å². The number of nitrogens with one attached hydrogen (secondary N) is 1. The molecule has 0 saturated heterocycles. The number of aryl methyl sites for hydroxylation is 1. The maximum Gasteiger partial charge on any atom is 0.308 e. The van der Waals surface area contributed by atoms with E-state index in [9.17, 15) is 9.90 Å². The molecule has 6 heteroatoms. The first-order valence-corrected chi connectivity index (χ1v) is 7.60. The van der Waals surface area contributed by atoms with E-state index in [2.05, 4.69) is 10.4 Å².